The van der Waals surface area contributed by atoms with E-state index in [4.69, 9.17) is 0 Å². The summed E-state index contributed by atoms with van der Waals surface area (Å²) in [5.74, 6) is -0.120. The number of nitrogens with one attached hydrogen (secondary N) is 1. The fourth-order valence-corrected chi connectivity index (χ4v) is 2.84. The second-order valence-electron chi connectivity index (χ2n) is 4.31. The number of pyridine rings is 1. The fraction of sp³-hybridized carbons (Fsp3) is 0.214. The number of aryl methyl sites for hydroxylation is 1. The molecular formula is C14H14N4OS. The van der Waals surface area contributed by atoms with Crippen LogP contribution in [-0.4, -0.2) is 27.7 Å². The van der Waals surface area contributed by atoms with Crippen molar-refractivity contribution in [3.8, 4) is 10.6 Å². The van der Waals surface area contributed by atoms with Gasteiger partial charge in [0.1, 0.15) is 0 Å². The van der Waals surface area contributed by atoms with Crippen LogP contribution in [-0.2, 0) is 6.54 Å². The Hall–Kier alpha value is -2.21. The maximum Gasteiger partial charge on any atom is 0.251 e. The number of thiophene rings is 1. The number of hydrogen-bond acceptors (Lipinski definition) is 4. The summed E-state index contributed by atoms with van der Waals surface area (Å²) in [5.41, 5.74) is 2.17. The number of hydrogen-bond donors (Lipinski definition) is 1. The number of nitrogens with zero attached hydrogens (tertiary/aromatic N) is 3. The summed E-state index contributed by atoms with van der Waals surface area (Å²) in [5, 5.41) is 9.75. The van der Waals surface area contributed by atoms with Gasteiger partial charge >= 0.3 is 0 Å². The van der Waals surface area contributed by atoms with Crippen LogP contribution in [0.3, 0.4) is 0 Å². The van der Waals surface area contributed by atoms with Gasteiger partial charge in [-0.25, -0.2) is 9.67 Å². The zero-order valence-electron chi connectivity index (χ0n) is 11.3. The predicted molar refractivity (Wildman–Crippen MR) is 79.9 cm³/mol. The van der Waals surface area contributed by atoms with E-state index in [1.807, 2.05) is 30.5 Å². The molecule has 0 aliphatic carbocycles. The van der Waals surface area contributed by atoms with E-state index in [1.54, 1.807) is 29.3 Å². The average Bonchev–Trinajstić information content (AvgIpc) is 3.14. The van der Waals surface area contributed by atoms with Gasteiger partial charge in [-0.2, -0.15) is 5.10 Å². The first-order chi connectivity index (χ1) is 9.74. The molecule has 1 amide bonds. The standard InChI is InChI=1S/C14H14N4OS/c1-3-18-13-10(8-16-18)9(14(19)15-2)7-11(17-13)12-5-4-6-20-12/h4-8H,3H2,1-2H3,(H,15,19). The molecular weight excluding hydrogens is 272 g/mol. The first kappa shape index (κ1) is 12.8. The van der Waals surface area contributed by atoms with Gasteiger partial charge in [0.2, 0.25) is 0 Å². The van der Waals surface area contributed by atoms with Gasteiger partial charge < -0.3 is 5.32 Å². The Morgan fingerprint density at radius 3 is 3.00 bits per heavy atom. The molecule has 0 bridgehead atoms. The molecule has 0 saturated heterocycles. The van der Waals surface area contributed by atoms with Crippen molar-refractivity contribution in [3.63, 3.8) is 0 Å². The second-order valence-corrected chi connectivity index (χ2v) is 5.26. The zero-order chi connectivity index (χ0) is 14.1. The Labute approximate surface area is 120 Å². The summed E-state index contributed by atoms with van der Waals surface area (Å²) in [6.07, 6.45) is 1.70. The highest BCUT2D eigenvalue weighted by Gasteiger charge is 2.16. The van der Waals surface area contributed by atoms with Crippen LogP contribution in [0.4, 0.5) is 0 Å². The van der Waals surface area contributed by atoms with E-state index in [0.717, 1.165) is 28.1 Å². The Morgan fingerprint density at radius 1 is 1.50 bits per heavy atom. The van der Waals surface area contributed by atoms with Crippen molar-refractivity contribution in [2.24, 2.45) is 0 Å². The number of carbonyl (C=O) groups is 1. The van der Waals surface area contributed by atoms with E-state index in [9.17, 15) is 4.79 Å². The summed E-state index contributed by atoms with van der Waals surface area (Å²) in [6, 6.07) is 5.80. The minimum Gasteiger partial charge on any atom is -0.355 e. The van der Waals surface area contributed by atoms with E-state index < -0.39 is 0 Å². The molecule has 3 aromatic rings. The van der Waals surface area contributed by atoms with Crippen molar-refractivity contribution >= 4 is 28.3 Å². The van der Waals surface area contributed by atoms with E-state index in [0.29, 0.717) is 5.56 Å². The van der Waals surface area contributed by atoms with Gasteiger partial charge in [-0.15, -0.1) is 11.3 Å². The normalized spacial score (nSPS) is 10.9. The Morgan fingerprint density at radius 2 is 2.35 bits per heavy atom. The zero-order valence-corrected chi connectivity index (χ0v) is 12.1. The molecule has 0 aliphatic rings. The second kappa shape index (κ2) is 5.05. The Balaban J connectivity index is 2.30. The fourth-order valence-electron chi connectivity index (χ4n) is 2.15. The first-order valence-corrected chi connectivity index (χ1v) is 7.25. The van der Waals surface area contributed by atoms with E-state index in [-0.39, 0.29) is 5.91 Å². The molecule has 3 rings (SSSR count). The van der Waals surface area contributed by atoms with Crippen LogP contribution in [0.1, 0.15) is 17.3 Å². The Bertz CT molecular complexity index is 761. The number of aromatic nitrogens is 3. The summed E-state index contributed by atoms with van der Waals surface area (Å²) in [4.78, 5) is 17.8. The molecule has 0 spiro atoms. The predicted octanol–water partition coefficient (Wildman–Crippen LogP) is 2.54. The number of rotatable bonds is 3. The molecule has 5 nitrogen and oxygen atoms in total. The lowest BCUT2D eigenvalue weighted by atomic mass is 10.1. The highest BCUT2D eigenvalue weighted by molar-refractivity contribution is 7.13. The molecule has 0 saturated carbocycles. The minimum absolute atomic E-state index is 0.120. The van der Waals surface area contributed by atoms with Crippen LogP contribution in [0.5, 0.6) is 0 Å². The van der Waals surface area contributed by atoms with Crippen molar-refractivity contribution in [1.82, 2.24) is 20.1 Å². The first-order valence-electron chi connectivity index (χ1n) is 6.37. The molecule has 102 valence electrons. The van der Waals surface area contributed by atoms with Crippen molar-refractivity contribution in [2.45, 2.75) is 13.5 Å². The molecule has 6 heteroatoms. The van der Waals surface area contributed by atoms with E-state index in [1.165, 1.54) is 0 Å². The van der Waals surface area contributed by atoms with Crippen LogP contribution in [0.2, 0.25) is 0 Å². The molecule has 1 N–H and O–H groups in total. The molecule has 3 heterocycles. The maximum absolute atomic E-state index is 12.1. The molecule has 0 atom stereocenters. The van der Waals surface area contributed by atoms with Crippen molar-refractivity contribution < 1.29 is 4.79 Å². The van der Waals surface area contributed by atoms with Crippen molar-refractivity contribution in [1.29, 1.82) is 0 Å². The number of amides is 1. The lowest BCUT2D eigenvalue weighted by Gasteiger charge is -2.06. The molecule has 0 unspecified atom stereocenters. The maximum atomic E-state index is 12.1. The molecule has 0 radical (unpaired) electrons. The summed E-state index contributed by atoms with van der Waals surface area (Å²) in [7, 11) is 1.63. The molecule has 0 fully saturated rings. The lowest BCUT2D eigenvalue weighted by molar-refractivity contribution is 0.0964. The van der Waals surface area contributed by atoms with E-state index >= 15 is 0 Å². The summed E-state index contributed by atoms with van der Waals surface area (Å²) < 4.78 is 1.80. The van der Waals surface area contributed by atoms with Gasteiger partial charge in [0.25, 0.3) is 5.91 Å². The smallest absolute Gasteiger partial charge is 0.251 e. The topological polar surface area (TPSA) is 59.8 Å². The highest BCUT2D eigenvalue weighted by atomic mass is 32.1. The van der Waals surface area contributed by atoms with Gasteiger partial charge in [0, 0.05) is 13.6 Å². The quantitative estimate of drug-likeness (QED) is 0.805. The summed E-state index contributed by atoms with van der Waals surface area (Å²) >= 11 is 1.60. The van der Waals surface area contributed by atoms with Gasteiger partial charge in [-0.1, -0.05) is 6.07 Å². The third-order valence-corrected chi connectivity index (χ3v) is 4.05. The van der Waals surface area contributed by atoms with Crippen LogP contribution < -0.4 is 5.32 Å². The SMILES string of the molecule is CCn1ncc2c(C(=O)NC)cc(-c3cccs3)nc21. The average molecular weight is 286 g/mol. The van der Waals surface area contributed by atoms with Crippen LogP contribution in [0.25, 0.3) is 21.6 Å². The van der Waals surface area contributed by atoms with Crippen LogP contribution >= 0.6 is 11.3 Å². The molecule has 20 heavy (non-hydrogen) atoms. The third kappa shape index (κ3) is 1.98. The van der Waals surface area contributed by atoms with E-state index in [2.05, 4.69) is 15.4 Å². The lowest BCUT2D eigenvalue weighted by Crippen LogP contribution is -2.18. The monoisotopic (exact) mass is 286 g/mol. The van der Waals surface area contributed by atoms with Crippen LogP contribution in [0, 0.1) is 0 Å². The third-order valence-electron chi connectivity index (χ3n) is 3.15. The van der Waals surface area contributed by atoms with Gasteiger partial charge in [-0.05, 0) is 24.4 Å². The number of carbonyl (C=O) groups excluding carboxylic acids is 1. The highest BCUT2D eigenvalue weighted by Crippen LogP contribution is 2.27. The van der Waals surface area contributed by atoms with Gasteiger partial charge in [-0.3, -0.25) is 4.79 Å². The largest absolute Gasteiger partial charge is 0.355 e. The Kier molecular flexibility index (Phi) is 3.23. The van der Waals surface area contributed by atoms with Crippen molar-refractivity contribution in [3.05, 3.63) is 35.3 Å². The molecule has 3 aromatic heterocycles. The van der Waals surface area contributed by atoms with Gasteiger partial charge in [0.15, 0.2) is 5.65 Å². The number of fused-ring (bicyclic) bond motifs is 1. The summed E-state index contributed by atoms with van der Waals surface area (Å²) in [6.45, 7) is 2.73. The van der Waals surface area contributed by atoms with Crippen molar-refractivity contribution in [2.75, 3.05) is 7.05 Å². The van der Waals surface area contributed by atoms with Gasteiger partial charge in [0.05, 0.1) is 27.7 Å². The molecule has 0 aliphatic heterocycles. The minimum atomic E-state index is -0.120. The molecule has 0 aromatic carbocycles. The van der Waals surface area contributed by atoms with Crippen LogP contribution in [0.15, 0.2) is 29.8 Å².